The maximum absolute atomic E-state index is 5.33. The molecule has 2 aliphatic carbocycles. The maximum Gasteiger partial charge on any atom is 0.129 e. The third-order valence-electron chi connectivity index (χ3n) is 4.78. The second-order valence-corrected chi connectivity index (χ2v) is 6.71. The summed E-state index contributed by atoms with van der Waals surface area (Å²) >= 11 is 1.85. The number of ether oxygens (including phenoxy) is 1. The van der Waals surface area contributed by atoms with E-state index in [1.54, 1.807) is 7.11 Å². The fraction of sp³-hybridized carbons (Fsp3) is 0.733. The molecule has 3 rings (SSSR count). The van der Waals surface area contributed by atoms with Crippen molar-refractivity contribution < 1.29 is 4.74 Å². The Kier molecular flexibility index (Phi) is 3.62. The summed E-state index contributed by atoms with van der Waals surface area (Å²) in [5.41, 5.74) is 0. The Morgan fingerprint density at radius 1 is 1.44 bits per heavy atom. The van der Waals surface area contributed by atoms with Gasteiger partial charge in [-0.25, -0.2) is 0 Å². The summed E-state index contributed by atoms with van der Waals surface area (Å²) in [4.78, 5) is 1.46. The Bertz CT molecular complexity index is 403. The Balaban J connectivity index is 1.79. The molecule has 2 aliphatic rings. The number of hydrogen-bond acceptors (Lipinski definition) is 3. The molecule has 0 aromatic carbocycles. The van der Waals surface area contributed by atoms with Gasteiger partial charge in [0.25, 0.3) is 0 Å². The lowest BCUT2D eigenvalue weighted by Crippen LogP contribution is -2.30. The topological polar surface area (TPSA) is 21.3 Å². The predicted octanol–water partition coefficient (Wildman–Crippen LogP) is 3.84. The van der Waals surface area contributed by atoms with E-state index in [1.807, 2.05) is 11.3 Å². The summed E-state index contributed by atoms with van der Waals surface area (Å²) in [6.07, 6.45) is 5.85. The summed E-state index contributed by atoms with van der Waals surface area (Å²) < 4.78 is 5.33. The normalized spacial score (nSPS) is 31.8. The molecule has 2 saturated carbocycles. The zero-order valence-corrected chi connectivity index (χ0v) is 12.1. The number of hydrogen-bond donors (Lipinski definition) is 1. The van der Waals surface area contributed by atoms with Gasteiger partial charge in [-0.15, -0.1) is 11.3 Å². The molecule has 4 atom stereocenters. The van der Waals surface area contributed by atoms with Crippen LogP contribution in [0, 0.1) is 17.8 Å². The quantitative estimate of drug-likeness (QED) is 0.873. The first-order valence-electron chi connectivity index (χ1n) is 7.17. The zero-order chi connectivity index (χ0) is 12.5. The van der Waals surface area contributed by atoms with E-state index in [4.69, 9.17) is 4.74 Å². The van der Waals surface area contributed by atoms with Crippen molar-refractivity contribution in [3.63, 3.8) is 0 Å². The van der Waals surface area contributed by atoms with E-state index >= 15 is 0 Å². The van der Waals surface area contributed by atoms with Crippen LogP contribution in [0.4, 0.5) is 0 Å². The van der Waals surface area contributed by atoms with Gasteiger partial charge in [0, 0.05) is 16.3 Å². The Hall–Kier alpha value is -0.540. The molecule has 100 valence electrons. The molecule has 2 nitrogen and oxygen atoms in total. The van der Waals surface area contributed by atoms with Gasteiger partial charge in [-0.3, -0.25) is 0 Å². The Labute approximate surface area is 114 Å². The maximum atomic E-state index is 5.33. The molecule has 1 aromatic rings. The molecular weight excluding hydrogens is 242 g/mol. The van der Waals surface area contributed by atoms with Gasteiger partial charge in [0.15, 0.2) is 0 Å². The van der Waals surface area contributed by atoms with Crippen LogP contribution in [0.25, 0.3) is 0 Å². The van der Waals surface area contributed by atoms with Crippen molar-refractivity contribution in [1.29, 1.82) is 0 Å². The highest BCUT2D eigenvalue weighted by Gasteiger charge is 2.43. The van der Waals surface area contributed by atoms with Crippen molar-refractivity contribution >= 4 is 11.3 Å². The molecule has 1 aromatic heterocycles. The van der Waals surface area contributed by atoms with Gasteiger partial charge in [-0.1, -0.05) is 13.3 Å². The molecule has 0 spiro atoms. The van der Waals surface area contributed by atoms with Gasteiger partial charge in [0.05, 0.1) is 7.11 Å². The van der Waals surface area contributed by atoms with Crippen molar-refractivity contribution in [2.45, 2.75) is 38.6 Å². The van der Waals surface area contributed by atoms with Gasteiger partial charge in [0.2, 0.25) is 0 Å². The third kappa shape index (κ3) is 2.19. The molecule has 2 bridgehead atoms. The van der Waals surface area contributed by atoms with Crippen LogP contribution < -0.4 is 10.1 Å². The number of methoxy groups -OCH3 is 1. The molecular formula is C15H23NOS. The minimum absolute atomic E-state index is 0.555. The lowest BCUT2D eigenvalue weighted by atomic mass is 9.82. The van der Waals surface area contributed by atoms with E-state index in [-0.39, 0.29) is 0 Å². The van der Waals surface area contributed by atoms with Gasteiger partial charge >= 0.3 is 0 Å². The summed E-state index contributed by atoms with van der Waals surface area (Å²) in [6, 6.07) is 2.78. The minimum Gasteiger partial charge on any atom is -0.496 e. The summed E-state index contributed by atoms with van der Waals surface area (Å²) in [5, 5.41) is 5.85. The highest BCUT2D eigenvalue weighted by molar-refractivity contribution is 7.10. The largest absolute Gasteiger partial charge is 0.496 e. The molecule has 1 N–H and O–H groups in total. The number of thiophene rings is 1. The third-order valence-corrected chi connectivity index (χ3v) is 5.78. The highest BCUT2D eigenvalue weighted by Crippen LogP contribution is 2.53. The van der Waals surface area contributed by atoms with Gasteiger partial charge < -0.3 is 10.1 Å². The van der Waals surface area contributed by atoms with E-state index in [0.29, 0.717) is 6.04 Å². The van der Waals surface area contributed by atoms with Crippen LogP contribution in [0.5, 0.6) is 5.75 Å². The smallest absolute Gasteiger partial charge is 0.129 e. The van der Waals surface area contributed by atoms with Gasteiger partial charge in [-0.05, 0) is 49.6 Å². The number of nitrogens with one attached hydrogen (secondary N) is 1. The molecule has 3 heteroatoms. The number of fused-ring (bicyclic) bond motifs is 2. The van der Waals surface area contributed by atoms with E-state index < -0.39 is 0 Å². The molecule has 1 heterocycles. The second kappa shape index (κ2) is 5.22. The van der Waals surface area contributed by atoms with E-state index in [1.165, 1.54) is 30.6 Å². The highest BCUT2D eigenvalue weighted by atomic mass is 32.1. The van der Waals surface area contributed by atoms with Gasteiger partial charge in [-0.2, -0.15) is 0 Å². The van der Waals surface area contributed by atoms with E-state index in [9.17, 15) is 0 Å². The van der Waals surface area contributed by atoms with Crippen molar-refractivity contribution in [3.05, 3.63) is 16.3 Å². The first-order valence-corrected chi connectivity index (χ1v) is 8.05. The Morgan fingerprint density at radius 3 is 2.89 bits per heavy atom. The van der Waals surface area contributed by atoms with Crippen LogP contribution in [0.2, 0.25) is 0 Å². The second-order valence-electron chi connectivity index (χ2n) is 5.76. The van der Waals surface area contributed by atoms with Crippen molar-refractivity contribution in [3.8, 4) is 5.75 Å². The minimum atomic E-state index is 0.555. The standard InChI is InChI=1S/C15H23NOS/c1-3-16-15(14-8-12(17-2)9-18-14)13-7-10-4-5-11(13)6-10/h8-11,13,15-16H,3-7H2,1-2H3. The molecule has 0 radical (unpaired) electrons. The number of rotatable bonds is 5. The zero-order valence-electron chi connectivity index (χ0n) is 11.3. The van der Waals surface area contributed by atoms with Crippen LogP contribution in [-0.4, -0.2) is 13.7 Å². The fourth-order valence-electron chi connectivity index (χ4n) is 3.99. The first kappa shape index (κ1) is 12.5. The van der Waals surface area contributed by atoms with Crippen molar-refractivity contribution in [2.75, 3.05) is 13.7 Å². The molecule has 0 amide bonds. The monoisotopic (exact) mass is 265 g/mol. The molecule has 0 aliphatic heterocycles. The summed E-state index contributed by atoms with van der Waals surface area (Å²) in [6.45, 7) is 3.27. The van der Waals surface area contributed by atoms with Crippen molar-refractivity contribution in [1.82, 2.24) is 5.32 Å². The molecule has 4 unspecified atom stereocenters. The van der Waals surface area contributed by atoms with Crippen LogP contribution >= 0.6 is 11.3 Å². The van der Waals surface area contributed by atoms with Crippen LogP contribution in [-0.2, 0) is 0 Å². The summed E-state index contributed by atoms with van der Waals surface area (Å²) in [7, 11) is 1.76. The first-order chi connectivity index (χ1) is 8.81. The average Bonchev–Trinajstić information content (AvgIpc) is 3.10. The van der Waals surface area contributed by atoms with Crippen LogP contribution in [0.1, 0.15) is 43.5 Å². The summed E-state index contributed by atoms with van der Waals surface area (Å²) in [5.74, 6) is 3.85. The molecule has 0 saturated heterocycles. The average molecular weight is 265 g/mol. The van der Waals surface area contributed by atoms with Crippen LogP contribution in [0.15, 0.2) is 11.4 Å². The molecule has 18 heavy (non-hydrogen) atoms. The SMILES string of the molecule is CCNC(c1cc(OC)cs1)C1CC2CCC1C2. The lowest BCUT2D eigenvalue weighted by molar-refractivity contribution is 0.255. The van der Waals surface area contributed by atoms with Crippen LogP contribution in [0.3, 0.4) is 0 Å². The Morgan fingerprint density at radius 2 is 2.33 bits per heavy atom. The van der Waals surface area contributed by atoms with Gasteiger partial charge in [0.1, 0.15) is 5.75 Å². The van der Waals surface area contributed by atoms with E-state index in [0.717, 1.165) is 30.0 Å². The van der Waals surface area contributed by atoms with E-state index in [2.05, 4.69) is 23.7 Å². The fourth-order valence-corrected chi connectivity index (χ4v) is 4.99. The predicted molar refractivity (Wildman–Crippen MR) is 76.2 cm³/mol. The molecule has 2 fully saturated rings. The van der Waals surface area contributed by atoms with Crippen molar-refractivity contribution in [2.24, 2.45) is 17.8 Å². The lowest BCUT2D eigenvalue weighted by Gasteiger charge is -2.30.